The van der Waals surface area contributed by atoms with E-state index in [2.05, 4.69) is 25.1 Å². The first-order valence-electron chi connectivity index (χ1n) is 8.49. The van der Waals surface area contributed by atoms with Gasteiger partial charge in [-0.1, -0.05) is 0 Å². The number of aromatic hydroxyl groups is 1. The van der Waals surface area contributed by atoms with Gasteiger partial charge in [0.2, 0.25) is 5.75 Å². The Morgan fingerprint density at radius 1 is 0.920 bits per heavy atom. The number of aromatic nitrogens is 1. The molecule has 0 bridgehead atoms. The largest absolute Gasteiger partial charge is 0.502 e. The van der Waals surface area contributed by atoms with Crippen LogP contribution in [0.5, 0.6) is 17.2 Å². The molecule has 4 heteroatoms. The molecule has 0 saturated carbocycles. The molecule has 4 nitrogen and oxygen atoms in total. The zero-order valence-electron chi connectivity index (χ0n) is 14.7. The normalized spacial score (nSPS) is 13.1. The highest BCUT2D eigenvalue weighted by Gasteiger charge is 2.16. The van der Waals surface area contributed by atoms with Crippen LogP contribution in [0, 0.1) is 6.92 Å². The molecule has 1 N–H and O–H groups in total. The molecule has 1 aliphatic rings. The number of hydrogen-bond donors (Lipinski definition) is 1. The third kappa shape index (κ3) is 2.58. The molecule has 2 aromatic carbocycles. The predicted molar refractivity (Wildman–Crippen MR) is 98.7 cm³/mol. The maximum absolute atomic E-state index is 10.1. The smallest absolute Gasteiger partial charge is 0.200 e. The van der Waals surface area contributed by atoms with E-state index in [1.165, 1.54) is 49.1 Å². The lowest BCUT2D eigenvalue weighted by Crippen LogP contribution is -1.94. The summed E-state index contributed by atoms with van der Waals surface area (Å²) in [4.78, 5) is 4.87. The van der Waals surface area contributed by atoms with Crippen LogP contribution in [0.4, 0.5) is 0 Å². The van der Waals surface area contributed by atoms with Crippen molar-refractivity contribution < 1.29 is 14.6 Å². The molecule has 0 fully saturated rings. The van der Waals surface area contributed by atoms with Crippen LogP contribution in [-0.4, -0.2) is 24.3 Å². The van der Waals surface area contributed by atoms with Crippen molar-refractivity contribution in [3.8, 4) is 28.5 Å². The summed E-state index contributed by atoms with van der Waals surface area (Å²) in [5.41, 5.74) is 6.79. The maximum atomic E-state index is 10.1. The van der Waals surface area contributed by atoms with E-state index >= 15 is 0 Å². The molecule has 0 spiro atoms. The van der Waals surface area contributed by atoms with E-state index in [9.17, 15) is 5.11 Å². The number of hydrogen-bond acceptors (Lipinski definition) is 4. The van der Waals surface area contributed by atoms with E-state index in [4.69, 9.17) is 14.5 Å². The summed E-state index contributed by atoms with van der Waals surface area (Å²) < 4.78 is 10.5. The first-order chi connectivity index (χ1) is 12.1. The number of benzene rings is 2. The van der Waals surface area contributed by atoms with Crippen LogP contribution >= 0.6 is 0 Å². The Hall–Kier alpha value is -2.75. The van der Waals surface area contributed by atoms with Crippen molar-refractivity contribution in [1.29, 1.82) is 0 Å². The molecule has 1 aromatic heterocycles. The summed E-state index contributed by atoms with van der Waals surface area (Å²) in [5, 5.41) is 11.3. The van der Waals surface area contributed by atoms with Gasteiger partial charge in [-0.25, -0.2) is 4.98 Å². The number of aryl methyl sites for hydroxylation is 3. The number of pyridine rings is 1. The fraction of sp³-hybridized carbons (Fsp3) is 0.286. The lowest BCUT2D eigenvalue weighted by molar-refractivity contribution is 0.340. The predicted octanol–water partition coefficient (Wildman–Crippen LogP) is 4.42. The van der Waals surface area contributed by atoms with Gasteiger partial charge in [-0.2, -0.15) is 0 Å². The van der Waals surface area contributed by atoms with Gasteiger partial charge in [0, 0.05) is 10.9 Å². The first kappa shape index (κ1) is 15.8. The van der Waals surface area contributed by atoms with Gasteiger partial charge >= 0.3 is 0 Å². The van der Waals surface area contributed by atoms with Crippen LogP contribution in [0.25, 0.3) is 22.2 Å². The third-order valence-electron chi connectivity index (χ3n) is 5.00. The quantitative estimate of drug-likeness (QED) is 0.770. The molecule has 1 aliphatic carbocycles. The summed E-state index contributed by atoms with van der Waals surface area (Å²) in [6.07, 6.45) is 3.53. The van der Waals surface area contributed by atoms with Crippen molar-refractivity contribution in [2.75, 3.05) is 14.2 Å². The summed E-state index contributed by atoms with van der Waals surface area (Å²) >= 11 is 0. The van der Waals surface area contributed by atoms with Crippen LogP contribution in [0.1, 0.15) is 23.1 Å². The van der Waals surface area contributed by atoms with E-state index in [0.717, 1.165) is 23.2 Å². The van der Waals surface area contributed by atoms with Crippen molar-refractivity contribution >= 4 is 10.9 Å². The van der Waals surface area contributed by atoms with Gasteiger partial charge in [0.15, 0.2) is 11.5 Å². The molecule has 0 atom stereocenters. The Labute approximate surface area is 147 Å². The maximum Gasteiger partial charge on any atom is 0.200 e. The van der Waals surface area contributed by atoms with Crippen LogP contribution in [0.2, 0.25) is 0 Å². The van der Waals surface area contributed by atoms with Crippen LogP contribution in [-0.2, 0) is 12.8 Å². The van der Waals surface area contributed by atoms with Gasteiger partial charge in [-0.15, -0.1) is 0 Å². The minimum atomic E-state index is 0.00378. The van der Waals surface area contributed by atoms with E-state index in [0.29, 0.717) is 11.5 Å². The SMILES string of the molecule is COc1cc(-c2cc(C)c3cc4c(cc3n2)CCC4)cc(OC)c1O. The van der Waals surface area contributed by atoms with Gasteiger partial charge in [-0.3, -0.25) is 0 Å². The van der Waals surface area contributed by atoms with E-state index < -0.39 is 0 Å². The van der Waals surface area contributed by atoms with Crippen LogP contribution in [0.15, 0.2) is 30.3 Å². The number of phenols is 1. The highest BCUT2D eigenvalue weighted by atomic mass is 16.5. The minimum absolute atomic E-state index is 0.00378. The number of methoxy groups -OCH3 is 2. The van der Waals surface area contributed by atoms with E-state index in [-0.39, 0.29) is 5.75 Å². The first-order valence-corrected chi connectivity index (χ1v) is 8.49. The Bertz CT molecular complexity index is 954. The summed E-state index contributed by atoms with van der Waals surface area (Å²) in [7, 11) is 3.06. The molecule has 128 valence electrons. The molecule has 25 heavy (non-hydrogen) atoms. The number of ether oxygens (including phenoxy) is 2. The fourth-order valence-electron chi connectivity index (χ4n) is 3.65. The zero-order chi connectivity index (χ0) is 17.6. The summed E-state index contributed by atoms with van der Waals surface area (Å²) in [6.45, 7) is 2.11. The monoisotopic (exact) mass is 335 g/mol. The van der Waals surface area contributed by atoms with Crippen LogP contribution < -0.4 is 9.47 Å². The Morgan fingerprint density at radius 2 is 1.56 bits per heavy atom. The van der Waals surface area contributed by atoms with Crippen molar-refractivity contribution in [3.63, 3.8) is 0 Å². The molecule has 0 aliphatic heterocycles. The molecule has 0 radical (unpaired) electrons. The van der Waals surface area contributed by atoms with Crippen molar-refractivity contribution in [2.45, 2.75) is 26.2 Å². The molecule has 3 aromatic rings. The number of rotatable bonds is 3. The van der Waals surface area contributed by atoms with Gasteiger partial charge in [0.05, 0.1) is 25.4 Å². The Kier molecular flexibility index (Phi) is 3.75. The lowest BCUT2D eigenvalue weighted by Gasteiger charge is -2.13. The second-order valence-corrected chi connectivity index (χ2v) is 6.55. The fourth-order valence-corrected chi connectivity index (χ4v) is 3.65. The third-order valence-corrected chi connectivity index (χ3v) is 5.00. The highest BCUT2D eigenvalue weighted by Crippen LogP contribution is 2.40. The standard InChI is InChI=1S/C21H21NO3/c1-12-7-17(15-10-19(24-2)21(23)20(11-15)25-3)22-18-9-14-6-4-5-13(14)8-16(12)18/h7-11,23H,4-6H2,1-3H3. The zero-order valence-corrected chi connectivity index (χ0v) is 14.7. The molecule has 0 saturated heterocycles. The molecule has 4 rings (SSSR count). The summed E-state index contributed by atoms with van der Waals surface area (Å²) in [6, 6.07) is 10.2. The number of fused-ring (bicyclic) bond motifs is 2. The average molecular weight is 335 g/mol. The van der Waals surface area contributed by atoms with Crippen molar-refractivity contribution in [3.05, 3.63) is 47.0 Å². The highest BCUT2D eigenvalue weighted by molar-refractivity contribution is 5.87. The van der Waals surface area contributed by atoms with Gasteiger partial charge in [-0.05, 0) is 73.2 Å². The second-order valence-electron chi connectivity index (χ2n) is 6.55. The average Bonchev–Trinajstić information content (AvgIpc) is 3.07. The Morgan fingerprint density at radius 3 is 2.20 bits per heavy atom. The van der Waals surface area contributed by atoms with Gasteiger partial charge < -0.3 is 14.6 Å². The van der Waals surface area contributed by atoms with E-state index in [1.807, 2.05) is 0 Å². The lowest BCUT2D eigenvalue weighted by atomic mass is 10.0. The molecule has 1 heterocycles. The topological polar surface area (TPSA) is 51.6 Å². The van der Waals surface area contributed by atoms with Crippen molar-refractivity contribution in [1.82, 2.24) is 4.98 Å². The van der Waals surface area contributed by atoms with Crippen LogP contribution in [0.3, 0.4) is 0 Å². The van der Waals surface area contributed by atoms with E-state index in [1.54, 1.807) is 12.1 Å². The van der Waals surface area contributed by atoms with Crippen molar-refractivity contribution in [2.24, 2.45) is 0 Å². The number of phenolic OH excluding ortho intramolecular Hbond substituents is 1. The molecule has 0 amide bonds. The minimum Gasteiger partial charge on any atom is -0.502 e. The van der Waals surface area contributed by atoms with Gasteiger partial charge in [0.25, 0.3) is 0 Å². The van der Waals surface area contributed by atoms with Gasteiger partial charge in [0.1, 0.15) is 0 Å². The Balaban J connectivity index is 1.91. The second kappa shape index (κ2) is 5.96. The molecule has 0 unspecified atom stereocenters. The molecular weight excluding hydrogens is 314 g/mol. The number of nitrogens with zero attached hydrogens (tertiary/aromatic N) is 1. The molecular formula is C21H21NO3. The summed E-state index contributed by atoms with van der Waals surface area (Å²) in [5.74, 6) is 0.759.